The molecule has 9 aliphatic rings. The fourth-order valence-corrected chi connectivity index (χ4v) is 17.4. The van der Waals surface area contributed by atoms with E-state index < -0.39 is 124 Å². The topological polar surface area (TPSA) is 598 Å². The fourth-order valence-electron chi connectivity index (χ4n) is 17.4. The Balaban J connectivity index is 0.000000140. The molecule has 6 unspecified atom stereocenters. The highest BCUT2D eigenvalue weighted by molar-refractivity contribution is 6.28. The molecule has 9 heterocycles. The number of nitriles is 1. The molecule has 0 aliphatic carbocycles. The lowest BCUT2D eigenvalue weighted by atomic mass is 9.89. The van der Waals surface area contributed by atoms with Crippen molar-refractivity contribution in [2.24, 2.45) is 11.5 Å². The molecule has 40 nitrogen and oxygen atoms in total. The molecule has 9 aliphatic heterocycles. The van der Waals surface area contributed by atoms with E-state index in [1.54, 1.807) is 134 Å². The number of nitrogens with two attached hydrogens (primary N) is 6. The molecule has 0 spiro atoms. The highest BCUT2D eigenvalue weighted by atomic mass is 16.5. The van der Waals surface area contributed by atoms with Gasteiger partial charge in [0.15, 0.2) is 34.5 Å². The molecule has 6 atom stereocenters. The number of rotatable bonds is 21. The van der Waals surface area contributed by atoms with Crippen LogP contribution in [0.5, 0.6) is 34.5 Å². The van der Waals surface area contributed by atoms with E-state index in [9.17, 15) is 91.6 Å². The van der Waals surface area contributed by atoms with Gasteiger partial charge in [-0.25, -0.2) is 0 Å². The Kier molecular flexibility index (Phi) is 29.2. The normalized spacial score (nSPS) is 18.0. The van der Waals surface area contributed by atoms with Gasteiger partial charge >= 0.3 is 0 Å². The van der Waals surface area contributed by atoms with Crippen LogP contribution in [0.2, 0.25) is 0 Å². The van der Waals surface area contributed by atoms with Gasteiger partial charge in [0.05, 0.1) is 130 Å². The number of ether oxygens (including phenoxy) is 6. The molecule has 15 N–H and O–H groups in total. The van der Waals surface area contributed by atoms with Crippen LogP contribution in [-0.4, -0.2) is 196 Å². The first-order valence-electron chi connectivity index (χ1n) is 43.0. The largest absolute Gasteiger partial charge is 0.493 e. The Morgan fingerprint density at radius 3 is 1.38 bits per heavy atom. The van der Waals surface area contributed by atoms with E-state index in [1.807, 2.05) is 31.2 Å². The zero-order valence-corrected chi connectivity index (χ0v) is 75.5. The summed E-state index contributed by atoms with van der Waals surface area (Å²) in [6.45, 7) is 4.52. The van der Waals surface area contributed by atoms with Gasteiger partial charge in [0.1, 0.15) is 17.6 Å². The van der Waals surface area contributed by atoms with Gasteiger partial charge in [-0.3, -0.25) is 122 Å². The van der Waals surface area contributed by atoms with Crippen LogP contribution in [0.15, 0.2) is 176 Å². The Morgan fingerprint density at radius 1 is 0.428 bits per heavy atom. The van der Waals surface area contributed by atoms with Crippen LogP contribution in [0.1, 0.15) is 221 Å². The molecule has 138 heavy (non-hydrogen) atoms. The smallest absolute Gasteiger partial charge is 0.264 e. The van der Waals surface area contributed by atoms with Crippen molar-refractivity contribution in [1.29, 1.82) is 5.26 Å². The Bertz CT molecular complexity index is 6610. The predicted octanol–water partition coefficient (Wildman–Crippen LogP) is 6.88. The van der Waals surface area contributed by atoms with Gasteiger partial charge in [0.2, 0.25) is 41.4 Å². The highest BCUT2D eigenvalue weighted by Gasteiger charge is 2.54. The number of hydrogen-bond acceptors (Lipinski definition) is 29. The van der Waals surface area contributed by atoms with Crippen LogP contribution in [0, 0.1) is 11.3 Å². The molecular weight excluding hydrogens is 1790 g/mol. The number of methoxy groups -OCH3 is 5. The van der Waals surface area contributed by atoms with Crippen molar-refractivity contribution in [3.8, 4) is 40.6 Å². The number of nitrogens with zero attached hydrogens (tertiary/aromatic N) is 7. The summed E-state index contributed by atoms with van der Waals surface area (Å²) in [7, 11) is 7.61. The maximum atomic E-state index is 12.9. The van der Waals surface area contributed by atoms with Crippen LogP contribution in [0.4, 0.5) is 22.7 Å². The predicted molar refractivity (Wildman–Crippen MR) is 491 cm³/mol. The Morgan fingerprint density at radius 2 is 0.877 bits per heavy atom. The van der Waals surface area contributed by atoms with Crippen molar-refractivity contribution in [2.45, 2.75) is 120 Å². The number of carbonyl (C=O) groups is 18. The fraction of sp³-hybridized carbons (Fsp3) is 0.255. The molecule has 9 aromatic carbocycles. The number of benzene rings is 9. The molecule has 18 rings (SSSR count). The quantitative estimate of drug-likeness (QED) is 0.0261. The van der Waals surface area contributed by atoms with E-state index in [4.69, 9.17) is 62.8 Å². The third-order valence-corrected chi connectivity index (χ3v) is 24.3. The number of amides is 18. The van der Waals surface area contributed by atoms with Crippen LogP contribution >= 0.6 is 0 Å². The molecule has 18 amide bonds. The van der Waals surface area contributed by atoms with E-state index in [0.717, 1.165) is 36.3 Å². The second kappa shape index (κ2) is 41.2. The number of piperidine rings is 3. The molecule has 40 heteroatoms. The number of imide groups is 7. The number of anilines is 4. The number of fused-ring (bicyclic) bond motifs is 6. The first kappa shape index (κ1) is 97.8. The summed E-state index contributed by atoms with van der Waals surface area (Å²) in [5, 5.41) is 15.9. The second-order valence-electron chi connectivity index (χ2n) is 32.6. The Hall–Kier alpha value is -17.7. The summed E-state index contributed by atoms with van der Waals surface area (Å²) in [4.78, 5) is 226. The van der Waals surface area contributed by atoms with Crippen molar-refractivity contribution in [3.63, 3.8) is 0 Å². The zero-order chi connectivity index (χ0) is 99.7. The average Bonchev–Trinajstić information content (AvgIpc) is 1.58. The van der Waals surface area contributed by atoms with Gasteiger partial charge in [-0.15, -0.1) is 0 Å². The third-order valence-electron chi connectivity index (χ3n) is 24.3. The molecular formula is C98H94N16O24. The van der Waals surface area contributed by atoms with Gasteiger partial charge in [-0.2, -0.15) is 5.26 Å². The van der Waals surface area contributed by atoms with Gasteiger partial charge in [-0.1, -0.05) is 66.7 Å². The van der Waals surface area contributed by atoms with Gasteiger partial charge in [0, 0.05) is 71.8 Å². The first-order chi connectivity index (χ1) is 66.0. The number of nitrogen functional groups attached to an aromatic ring is 4. The summed E-state index contributed by atoms with van der Waals surface area (Å²) in [5.41, 5.74) is 40.5. The second-order valence-corrected chi connectivity index (χ2v) is 32.6. The molecule has 710 valence electrons. The minimum Gasteiger partial charge on any atom is -0.493 e. The molecule has 0 saturated carbocycles. The molecule has 0 bridgehead atoms. The van der Waals surface area contributed by atoms with Crippen LogP contribution in [-0.2, 0) is 51.4 Å². The number of hydrogen-bond donors (Lipinski definition) is 9. The molecule has 0 aromatic heterocycles. The highest BCUT2D eigenvalue weighted by Crippen LogP contribution is 2.44. The van der Waals surface area contributed by atoms with E-state index >= 15 is 0 Å². The molecule has 3 saturated heterocycles. The number of primary amides is 2. The summed E-state index contributed by atoms with van der Waals surface area (Å²) in [5.74, 6) is -5.20. The number of nitrogens with one attached hydrogen (secondary N) is 3. The summed E-state index contributed by atoms with van der Waals surface area (Å²) in [6.07, 6.45) is 0.828. The lowest BCUT2D eigenvalue weighted by Crippen LogP contribution is -2.62. The van der Waals surface area contributed by atoms with E-state index in [-0.39, 0.29) is 114 Å². The lowest BCUT2D eigenvalue weighted by Gasteiger charge is -2.38. The summed E-state index contributed by atoms with van der Waals surface area (Å²) in [6, 6.07) is 46.9. The minimum atomic E-state index is -1.38. The average molecular weight is 1880 g/mol. The van der Waals surface area contributed by atoms with Gasteiger partial charge in [-0.05, 0) is 165 Å². The summed E-state index contributed by atoms with van der Waals surface area (Å²) < 4.78 is 31.9. The van der Waals surface area contributed by atoms with Crippen LogP contribution in [0.25, 0.3) is 0 Å². The zero-order valence-electron chi connectivity index (χ0n) is 75.5. The first-order valence-corrected chi connectivity index (χ1v) is 43.0. The van der Waals surface area contributed by atoms with Crippen molar-refractivity contribution >= 4 is 129 Å². The van der Waals surface area contributed by atoms with Crippen molar-refractivity contribution in [3.05, 3.63) is 259 Å². The molecule has 3 fully saturated rings. The van der Waals surface area contributed by atoms with Gasteiger partial charge in [0.25, 0.3) is 65.0 Å². The van der Waals surface area contributed by atoms with E-state index in [1.165, 1.54) is 69.6 Å². The van der Waals surface area contributed by atoms with Crippen LogP contribution < -0.4 is 78.8 Å². The van der Waals surface area contributed by atoms with E-state index in [2.05, 4.69) is 22.0 Å². The van der Waals surface area contributed by atoms with E-state index in [0.29, 0.717) is 105 Å². The summed E-state index contributed by atoms with van der Waals surface area (Å²) >= 11 is 0. The lowest BCUT2D eigenvalue weighted by molar-refractivity contribution is -0.141. The Labute approximate surface area is 787 Å². The molecule has 0 radical (unpaired) electrons. The maximum Gasteiger partial charge on any atom is 0.264 e. The molecule has 9 aromatic rings. The van der Waals surface area contributed by atoms with Crippen LogP contribution in [0.3, 0.4) is 0 Å². The monoisotopic (exact) mass is 1880 g/mol. The van der Waals surface area contributed by atoms with Crippen molar-refractivity contribution < 1.29 is 115 Å². The van der Waals surface area contributed by atoms with Crippen molar-refractivity contribution in [2.75, 3.05) is 65.1 Å². The SMILES string of the molecule is CC1(N2C(=O)c3cccc(N)c3C2=O)CCC(=O)NC1=O.CCOc1cc(C(CC#N)N2C(=O)c3ccc(N)cc3C2=O)ccc1OC.COc1ccc(C(CC(N)=O)N2C(=O)c3ccccc3C2=O)cc1OC.COc1ccc(C(CC(N)=O)N2Cc3ccccc3C2=O)cc1OC.Nc1cccc2c1C(=O)N(C1CCC(=O)NC1=O)C2=O.Nc1cccc2c1CN(C1CCC(=O)NC1=O)C2=O. The van der Waals surface area contributed by atoms with Gasteiger partial charge < -0.3 is 72.6 Å². The maximum absolute atomic E-state index is 12.9. The third kappa shape index (κ3) is 19.3. The standard InChI is InChI=1S/C20H19N3O4.C19H18N2O5.C19H20N2O4.C14H13N3O4.C13H11N3O4.C13H13N3O3/c1-3-27-18-10-12(4-7-17(18)26-2)16(8-9-21)23-19(24)14-6-5-13(22)11-15(14)20(23)25;1-25-15-8-7-11(9-16(15)26-2)14(10-17(20)22)21-18(23)12-5-3-4-6-13(12)19(21)24;1-24-16-8-7-12(9-17(16)25-2)15(10-18(20)22)21-11-13-5-3-4-6-14(13)19(21)23;1-14(6-5-9(18)16-13(14)21)17-11(19)7-3-2-4-8(15)10(7)12(17)20;14-7-3-1-2-6-10(7)13(20)16(12(6)19)8-4-5-9(17)15-11(8)18;14-9-3-1-2-7-8(9)6-16(13(7)19)10-4-5-11(17)15-12(10)18/h4-7,10-11,16H,3,8,22H2,1-2H3;3-9,14H,10H2,1-2H3,(H2,20,22);3-9,15H,10-11H2,1-2H3,(H2,20,22);2-4H,5-6,15H2,1H3,(H,16,18,21);1-3,8H,4-5,14H2,(H,15,17,18);1-3,10H,4-6,14H2,(H,15,17,18). The minimum absolute atomic E-state index is 0.0369. The van der Waals surface area contributed by atoms with Crippen molar-refractivity contribution in [1.82, 2.24) is 45.3 Å². The number of carbonyl (C=O) groups excluding carboxylic acids is 18.